The lowest BCUT2D eigenvalue weighted by molar-refractivity contribution is -0.123. The summed E-state index contributed by atoms with van der Waals surface area (Å²) in [7, 11) is 0. The molecule has 4 nitrogen and oxygen atoms in total. The molecule has 0 aliphatic heterocycles. The van der Waals surface area contributed by atoms with Crippen LogP contribution in [-0.4, -0.2) is 24.6 Å². The van der Waals surface area contributed by atoms with Gasteiger partial charge in [-0.25, -0.2) is 0 Å². The molecule has 1 aromatic carbocycles. The SMILES string of the molecule is CCCC(C)NC(=O)COc1ccc(C)cc1CC(C)N. The maximum Gasteiger partial charge on any atom is 0.258 e. The van der Waals surface area contributed by atoms with Gasteiger partial charge in [-0.1, -0.05) is 31.0 Å². The van der Waals surface area contributed by atoms with Crippen LogP contribution in [0, 0.1) is 6.92 Å². The summed E-state index contributed by atoms with van der Waals surface area (Å²) in [6, 6.07) is 6.21. The standard InChI is InChI=1S/C17H28N2O2/c1-5-6-14(4)19-17(20)11-21-16-8-7-12(2)9-15(16)10-13(3)18/h7-9,13-14H,5-6,10-11,18H2,1-4H3,(H,19,20). The lowest BCUT2D eigenvalue weighted by Gasteiger charge is -2.16. The highest BCUT2D eigenvalue weighted by Crippen LogP contribution is 2.21. The highest BCUT2D eigenvalue weighted by atomic mass is 16.5. The van der Waals surface area contributed by atoms with Gasteiger partial charge in [0.2, 0.25) is 0 Å². The molecule has 1 amide bonds. The third kappa shape index (κ3) is 6.63. The Bertz CT molecular complexity index is 458. The van der Waals surface area contributed by atoms with Crippen molar-refractivity contribution in [1.29, 1.82) is 0 Å². The molecule has 2 unspecified atom stereocenters. The van der Waals surface area contributed by atoms with Gasteiger partial charge in [0.1, 0.15) is 5.75 Å². The van der Waals surface area contributed by atoms with Crippen LogP contribution in [-0.2, 0) is 11.2 Å². The van der Waals surface area contributed by atoms with Crippen LogP contribution < -0.4 is 15.8 Å². The fraction of sp³-hybridized carbons (Fsp3) is 0.588. The molecule has 4 heteroatoms. The molecule has 2 atom stereocenters. The number of ether oxygens (including phenoxy) is 1. The predicted octanol–water partition coefficient (Wildman–Crippen LogP) is 2.57. The molecule has 0 saturated carbocycles. The Morgan fingerprint density at radius 3 is 2.71 bits per heavy atom. The van der Waals surface area contributed by atoms with Gasteiger partial charge in [0.25, 0.3) is 5.91 Å². The second kappa shape index (κ2) is 8.67. The second-order valence-electron chi connectivity index (χ2n) is 5.84. The fourth-order valence-electron chi connectivity index (χ4n) is 2.32. The Kier molecular flexibility index (Phi) is 7.23. The van der Waals surface area contributed by atoms with Crippen molar-refractivity contribution in [2.24, 2.45) is 5.73 Å². The van der Waals surface area contributed by atoms with Gasteiger partial charge in [-0.3, -0.25) is 4.79 Å². The summed E-state index contributed by atoms with van der Waals surface area (Å²) in [4.78, 5) is 11.8. The molecule has 3 N–H and O–H groups in total. The van der Waals surface area contributed by atoms with Gasteiger partial charge in [0, 0.05) is 12.1 Å². The van der Waals surface area contributed by atoms with E-state index in [9.17, 15) is 4.79 Å². The first kappa shape index (κ1) is 17.5. The molecule has 0 bridgehead atoms. The number of carbonyl (C=O) groups excluding carboxylic acids is 1. The topological polar surface area (TPSA) is 64.3 Å². The maximum atomic E-state index is 11.8. The Morgan fingerprint density at radius 2 is 2.10 bits per heavy atom. The quantitative estimate of drug-likeness (QED) is 0.774. The van der Waals surface area contributed by atoms with Crippen molar-refractivity contribution >= 4 is 5.91 Å². The van der Waals surface area contributed by atoms with Crippen molar-refractivity contribution in [2.75, 3.05) is 6.61 Å². The Hall–Kier alpha value is -1.55. The second-order valence-corrected chi connectivity index (χ2v) is 5.84. The maximum absolute atomic E-state index is 11.8. The van der Waals surface area contributed by atoms with Gasteiger partial charge < -0.3 is 15.8 Å². The van der Waals surface area contributed by atoms with Gasteiger partial charge in [0.15, 0.2) is 6.61 Å². The molecule has 0 aliphatic carbocycles. The Morgan fingerprint density at radius 1 is 1.38 bits per heavy atom. The van der Waals surface area contributed by atoms with Gasteiger partial charge >= 0.3 is 0 Å². The summed E-state index contributed by atoms with van der Waals surface area (Å²) in [6.45, 7) is 8.16. The number of hydrogen-bond acceptors (Lipinski definition) is 3. The van der Waals surface area contributed by atoms with Crippen LogP contribution >= 0.6 is 0 Å². The van der Waals surface area contributed by atoms with E-state index in [1.807, 2.05) is 32.9 Å². The summed E-state index contributed by atoms with van der Waals surface area (Å²) in [6.07, 6.45) is 2.77. The highest BCUT2D eigenvalue weighted by molar-refractivity contribution is 5.77. The molecule has 21 heavy (non-hydrogen) atoms. The Labute approximate surface area is 128 Å². The summed E-state index contributed by atoms with van der Waals surface area (Å²) in [5.41, 5.74) is 8.08. The highest BCUT2D eigenvalue weighted by Gasteiger charge is 2.10. The van der Waals surface area contributed by atoms with Gasteiger partial charge in [-0.2, -0.15) is 0 Å². The molecule has 0 saturated heterocycles. The minimum Gasteiger partial charge on any atom is -0.483 e. The van der Waals surface area contributed by atoms with Gasteiger partial charge in [0.05, 0.1) is 0 Å². The van der Waals surface area contributed by atoms with E-state index in [1.165, 1.54) is 5.56 Å². The number of nitrogens with one attached hydrogen (secondary N) is 1. The van der Waals surface area contributed by atoms with Crippen molar-refractivity contribution in [3.05, 3.63) is 29.3 Å². The largest absolute Gasteiger partial charge is 0.483 e. The van der Waals surface area contributed by atoms with Gasteiger partial charge in [-0.05, 0) is 45.2 Å². The molecule has 0 aromatic heterocycles. The summed E-state index contributed by atoms with van der Waals surface area (Å²) in [5, 5.41) is 2.93. The fourth-order valence-corrected chi connectivity index (χ4v) is 2.32. The van der Waals surface area contributed by atoms with E-state index in [2.05, 4.69) is 18.3 Å². The van der Waals surface area contributed by atoms with E-state index in [1.54, 1.807) is 0 Å². The molecule has 0 radical (unpaired) electrons. The van der Waals surface area contributed by atoms with E-state index < -0.39 is 0 Å². The number of aryl methyl sites for hydroxylation is 1. The number of amides is 1. The molecule has 0 aliphatic rings. The van der Waals surface area contributed by atoms with E-state index in [0.717, 1.165) is 30.6 Å². The number of benzene rings is 1. The number of hydrogen-bond donors (Lipinski definition) is 2. The average molecular weight is 292 g/mol. The van der Waals surface area contributed by atoms with Crippen molar-refractivity contribution < 1.29 is 9.53 Å². The van der Waals surface area contributed by atoms with E-state index in [0.29, 0.717) is 0 Å². The van der Waals surface area contributed by atoms with Crippen LogP contribution in [0.2, 0.25) is 0 Å². The predicted molar refractivity (Wildman–Crippen MR) is 86.5 cm³/mol. The summed E-state index contributed by atoms with van der Waals surface area (Å²) >= 11 is 0. The first-order valence-electron chi connectivity index (χ1n) is 7.69. The zero-order chi connectivity index (χ0) is 15.8. The van der Waals surface area contributed by atoms with E-state index in [-0.39, 0.29) is 24.6 Å². The first-order valence-corrected chi connectivity index (χ1v) is 7.69. The zero-order valence-corrected chi connectivity index (χ0v) is 13.6. The molecule has 0 spiro atoms. The van der Waals surface area contributed by atoms with Crippen molar-refractivity contribution in [2.45, 2.75) is 59.0 Å². The van der Waals surface area contributed by atoms with Crippen LogP contribution in [0.25, 0.3) is 0 Å². The third-order valence-electron chi connectivity index (χ3n) is 3.25. The van der Waals surface area contributed by atoms with Crippen LogP contribution in [0.3, 0.4) is 0 Å². The lowest BCUT2D eigenvalue weighted by Crippen LogP contribution is -2.36. The molecule has 0 heterocycles. The average Bonchev–Trinajstić information content (AvgIpc) is 2.37. The first-order chi connectivity index (χ1) is 9.92. The molecule has 118 valence electrons. The number of carbonyl (C=O) groups is 1. The summed E-state index contributed by atoms with van der Waals surface area (Å²) in [5.74, 6) is 0.666. The van der Waals surface area contributed by atoms with Crippen LogP contribution in [0.1, 0.15) is 44.7 Å². The van der Waals surface area contributed by atoms with Crippen LogP contribution in [0.4, 0.5) is 0 Å². The lowest BCUT2D eigenvalue weighted by atomic mass is 10.0. The minimum absolute atomic E-state index is 0.0447. The molecular formula is C17H28N2O2. The van der Waals surface area contributed by atoms with E-state index in [4.69, 9.17) is 10.5 Å². The number of nitrogens with two attached hydrogens (primary N) is 1. The van der Waals surface area contributed by atoms with E-state index >= 15 is 0 Å². The normalized spacial score (nSPS) is 13.6. The zero-order valence-electron chi connectivity index (χ0n) is 13.6. The minimum atomic E-state index is -0.0803. The van der Waals surface area contributed by atoms with Crippen LogP contribution in [0.15, 0.2) is 18.2 Å². The van der Waals surface area contributed by atoms with Crippen molar-refractivity contribution in [3.63, 3.8) is 0 Å². The number of rotatable bonds is 8. The van der Waals surface area contributed by atoms with Crippen molar-refractivity contribution in [3.8, 4) is 5.75 Å². The summed E-state index contributed by atoms with van der Waals surface area (Å²) < 4.78 is 5.67. The van der Waals surface area contributed by atoms with Gasteiger partial charge in [-0.15, -0.1) is 0 Å². The molecule has 0 fully saturated rings. The molecule has 1 rings (SSSR count). The Balaban J connectivity index is 2.60. The monoisotopic (exact) mass is 292 g/mol. The van der Waals surface area contributed by atoms with Crippen LogP contribution in [0.5, 0.6) is 5.75 Å². The smallest absolute Gasteiger partial charge is 0.258 e. The molecular weight excluding hydrogens is 264 g/mol. The third-order valence-corrected chi connectivity index (χ3v) is 3.25. The molecule has 1 aromatic rings. The van der Waals surface area contributed by atoms with Crippen molar-refractivity contribution in [1.82, 2.24) is 5.32 Å².